The second-order valence-corrected chi connectivity index (χ2v) is 6.98. The van der Waals surface area contributed by atoms with Crippen LogP contribution in [0.15, 0.2) is 40.6 Å². The fourth-order valence-electron chi connectivity index (χ4n) is 1.72. The molecular formula is C13H16N2O2S2. The van der Waals surface area contributed by atoms with Crippen LogP contribution < -0.4 is 10.5 Å². The normalized spacial score (nSPS) is 11.7. The van der Waals surface area contributed by atoms with Crippen LogP contribution in [0.1, 0.15) is 16.0 Å². The molecule has 0 saturated heterocycles. The van der Waals surface area contributed by atoms with E-state index in [1.807, 2.05) is 23.6 Å². The zero-order valence-corrected chi connectivity index (χ0v) is 12.2. The van der Waals surface area contributed by atoms with Crippen molar-refractivity contribution in [2.45, 2.75) is 24.9 Å². The summed E-state index contributed by atoms with van der Waals surface area (Å²) in [6, 6.07) is 9.05. The minimum atomic E-state index is -3.50. The molecule has 0 amide bonds. The van der Waals surface area contributed by atoms with E-state index in [9.17, 15) is 8.42 Å². The first-order chi connectivity index (χ1) is 9.03. The summed E-state index contributed by atoms with van der Waals surface area (Å²) in [5.41, 5.74) is 7.08. The summed E-state index contributed by atoms with van der Waals surface area (Å²) in [6.07, 6.45) is 0. The molecular weight excluding hydrogens is 280 g/mol. The molecule has 0 saturated carbocycles. The molecule has 102 valence electrons. The molecule has 0 aliphatic carbocycles. The number of nitrogens with two attached hydrogens (primary N) is 1. The molecule has 0 radical (unpaired) electrons. The van der Waals surface area contributed by atoms with Gasteiger partial charge in [0.05, 0.1) is 4.90 Å². The maximum atomic E-state index is 12.3. The summed E-state index contributed by atoms with van der Waals surface area (Å²) in [7, 11) is -3.50. The quantitative estimate of drug-likeness (QED) is 0.886. The molecule has 0 aliphatic heterocycles. The minimum Gasteiger partial charge on any atom is -0.326 e. The SMILES string of the molecule is Cc1ccc(CN)cc1S(=O)(=O)NCc1cccs1. The van der Waals surface area contributed by atoms with Crippen molar-refractivity contribution in [1.29, 1.82) is 0 Å². The van der Waals surface area contributed by atoms with Crippen LogP contribution in [0.4, 0.5) is 0 Å². The van der Waals surface area contributed by atoms with Crippen molar-refractivity contribution in [3.63, 3.8) is 0 Å². The number of aryl methyl sites for hydroxylation is 1. The van der Waals surface area contributed by atoms with Crippen LogP contribution >= 0.6 is 11.3 Å². The Morgan fingerprint density at radius 2 is 2.11 bits per heavy atom. The van der Waals surface area contributed by atoms with Crippen molar-refractivity contribution in [3.8, 4) is 0 Å². The van der Waals surface area contributed by atoms with Gasteiger partial charge in [0.2, 0.25) is 10.0 Å². The second kappa shape index (κ2) is 5.83. The van der Waals surface area contributed by atoms with E-state index in [1.165, 1.54) is 11.3 Å². The number of hydrogen-bond donors (Lipinski definition) is 2. The predicted octanol–water partition coefficient (Wildman–Crippen LogP) is 1.99. The van der Waals surface area contributed by atoms with E-state index in [-0.39, 0.29) is 0 Å². The van der Waals surface area contributed by atoms with Gasteiger partial charge < -0.3 is 5.73 Å². The molecule has 19 heavy (non-hydrogen) atoms. The van der Waals surface area contributed by atoms with Crippen LogP contribution in [0.25, 0.3) is 0 Å². The first kappa shape index (κ1) is 14.2. The third-order valence-corrected chi connectivity index (χ3v) is 5.21. The largest absolute Gasteiger partial charge is 0.326 e. The van der Waals surface area contributed by atoms with E-state index in [2.05, 4.69) is 4.72 Å². The van der Waals surface area contributed by atoms with Gasteiger partial charge >= 0.3 is 0 Å². The Labute approximate surface area is 117 Å². The third kappa shape index (κ3) is 3.42. The van der Waals surface area contributed by atoms with Gasteiger partial charge in [-0.25, -0.2) is 13.1 Å². The Kier molecular flexibility index (Phi) is 4.36. The van der Waals surface area contributed by atoms with E-state index in [4.69, 9.17) is 5.73 Å². The van der Waals surface area contributed by atoms with Crippen molar-refractivity contribution in [3.05, 3.63) is 51.7 Å². The molecule has 1 aromatic heterocycles. The second-order valence-electron chi connectivity index (χ2n) is 4.21. The van der Waals surface area contributed by atoms with Gasteiger partial charge in [0.15, 0.2) is 0 Å². The maximum absolute atomic E-state index is 12.3. The van der Waals surface area contributed by atoms with Crippen molar-refractivity contribution < 1.29 is 8.42 Å². The monoisotopic (exact) mass is 296 g/mol. The molecule has 0 bridgehead atoms. The predicted molar refractivity (Wildman–Crippen MR) is 77.4 cm³/mol. The minimum absolute atomic E-state index is 0.298. The molecule has 3 N–H and O–H groups in total. The van der Waals surface area contributed by atoms with Crippen LogP contribution in [0, 0.1) is 6.92 Å². The molecule has 0 spiro atoms. The Balaban J connectivity index is 2.23. The first-order valence-electron chi connectivity index (χ1n) is 5.84. The highest BCUT2D eigenvalue weighted by atomic mass is 32.2. The lowest BCUT2D eigenvalue weighted by Gasteiger charge is -2.10. The highest BCUT2D eigenvalue weighted by Crippen LogP contribution is 2.18. The first-order valence-corrected chi connectivity index (χ1v) is 8.21. The smallest absolute Gasteiger partial charge is 0.241 e. The zero-order chi connectivity index (χ0) is 13.9. The lowest BCUT2D eigenvalue weighted by atomic mass is 10.1. The highest BCUT2D eigenvalue weighted by molar-refractivity contribution is 7.89. The van der Waals surface area contributed by atoms with Crippen LogP contribution in [-0.4, -0.2) is 8.42 Å². The van der Waals surface area contributed by atoms with E-state index < -0.39 is 10.0 Å². The number of rotatable bonds is 5. The van der Waals surface area contributed by atoms with Crippen LogP contribution in [-0.2, 0) is 23.1 Å². The maximum Gasteiger partial charge on any atom is 0.241 e. The van der Waals surface area contributed by atoms with E-state index in [0.29, 0.717) is 18.0 Å². The number of sulfonamides is 1. The lowest BCUT2D eigenvalue weighted by Crippen LogP contribution is -2.23. The van der Waals surface area contributed by atoms with Gasteiger partial charge in [0, 0.05) is 18.0 Å². The Hall–Kier alpha value is -1.21. The van der Waals surface area contributed by atoms with Gasteiger partial charge in [-0.15, -0.1) is 11.3 Å². The Morgan fingerprint density at radius 3 is 2.74 bits per heavy atom. The summed E-state index contributed by atoms with van der Waals surface area (Å²) in [4.78, 5) is 1.28. The fourth-order valence-corrected chi connectivity index (χ4v) is 3.75. The molecule has 6 heteroatoms. The van der Waals surface area contributed by atoms with Crippen molar-refractivity contribution in [2.24, 2.45) is 5.73 Å². The molecule has 0 fully saturated rings. The lowest BCUT2D eigenvalue weighted by molar-refractivity contribution is 0.581. The van der Waals surface area contributed by atoms with Crippen molar-refractivity contribution >= 4 is 21.4 Å². The van der Waals surface area contributed by atoms with Crippen molar-refractivity contribution in [1.82, 2.24) is 4.72 Å². The van der Waals surface area contributed by atoms with Gasteiger partial charge in [0.25, 0.3) is 0 Å². The van der Waals surface area contributed by atoms with Crippen molar-refractivity contribution in [2.75, 3.05) is 0 Å². The number of benzene rings is 1. The van der Waals surface area contributed by atoms with Gasteiger partial charge in [-0.1, -0.05) is 18.2 Å². The third-order valence-electron chi connectivity index (χ3n) is 2.79. The molecule has 0 unspecified atom stereocenters. The molecule has 4 nitrogen and oxygen atoms in total. The summed E-state index contributed by atoms with van der Waals surface area (Å²) < 4.78 is 27.1. The standard InChI is InChI=1S/C13H16N2O2S2/c1-10-4-5-11(8-14)7-13(10)19(16,17)15-9-12-3-2-6-18-12/h2-7,15H,8-9,14H2,1H3. The molecule has 2 rings (SSSR count). The zero-order valence-electron chi connectivity index (χ0n) is 10.6. The average Bonchev–Trinajstić information content (AvgIpc) is 2.90. The van der Waals surface area contributed by atoms with Crippen LogP contribution in [0.5, 0.6) is 0 Å². The van der Waals surface area contributed by atoms with Crippen LogP contribution in [0.3, 0.4) is 0 Å². The summed E-state index contributed by atoms with van der Waals surface area (Å²) in [6.45, 7) is 2.42. The number of hydrogen-bond acceptors (Lipinski definition) is 4. The average molecular weight is 296 g/mol. The summed E-state index contributed by atoms with van der Waals surface area (Å²) in [5, 5.41) is 1.92. The Morgan fingerprint density at radius 1 is 1.32 bits per heavy atom. The number of thiophene rings is 1. The van der Waals surface area contributed by atoms with Crippen LogP contribution in [0.2, 0.25) is 0 Å². The molecule has 0 atom stereocenters. The van der Waals surface area contributed by atoms with Gasteiger partial charge in [0.1, 0.15) is 0 Å². The molecule has 0 aliphatic rings. The molecule has 1 aromatic carbocycles. The number of nitrogens with one attached hydrogen (secondary N) is 1. The summed E-state index contributed by atoms with van der Waals surface area (Å²) >= 11 is 1.52. The Bertz CT molecular complexity index is 649. The van der Waals surface area contributed by atoms with Gasteiger partial charge in [-0.3, -0.25) is 0 Å². The van der Waals surface area contributed by atoms with E-state index in [0.717, 1.165) is 16.0 Å². The van der Waals surface area contributed by atoms with E-state index in [1.54, 1.807) is 19.1 Å². The van der Waals surface area contributed by atoms with E-state index >= 15 is 0 Å². The molecule has 2 aromatic rings. The highest BCUT2D eigenvalue weighted by Gasteiger charge is 2.17. The topological polar surface area (TPSA) is 72.2 Å². The fraction of sp³-hybridized carbons (Fsp3) is 0.231. The molecule has 1 heterocycles. The van der Waals surface area contributed by atoms with Gasteiger partial charge in [-0.05, 0) is 35.6 Å². The van der Waals surface area contributed by atoms with Gasteiger partial charge in [-0.2, -0.15) is 0 Å². The summed E-state index contributed by atoms with van der Waals surface area (Å²) in [5.74, 6) is 0.